The van der Waals surface area contributed by atoms with Gasteiger partial charge in [-0.25, -0.2) is 0 Å². The predicted molar refractivity (Wildman–Crippen MR) is 328 cm³/mol. The van der Waals surface area contributed by atoms with Gasteiger partial charge in [-0.1, -0.05) is 75.2 Å². The summed E-state index contributed by atoms with van der Waals surface area (Å²) in [6.07, 6.45) is -7.31. The summed E-state index contributed by atoms with van der Waals surface area (Å²) in [5, 5.41) is 19.6. The van der Waals surface area contributed by atoms with Crippen LogP contribution < -0.4 is 25.8 Å². The molecule has 4 N–H and O–H groups in total. The number of halogens is 8. The molecule has 0 saturated carbocycles. The van der Waals surface area contributed by atoms with Gasteiger partial charge in [0.2, 0.25) is 17.7 Å². The number of ether oxygens (including phenoxy) is 2. The number of hydrogen-bond acceptors (Lipinski definition) is 11. The molecule has 4 heterocycles. The van der Waals surface area contributed by atoms with Gasteiger partial charge in [-0.2, -0.15) is 26.3 Å². The van der Waals surface area contributed by atoms with Crippen molar-refractivity contribution in [3.63, 3.8) is 0 Å². The molecule has 4 aliphatic heterocycles. The summed E-state index contributed by atoms with van der Waals surface area (Å²) in [5.74, 6) is -1.62. The topological polar surface area (TPSA) is 159 Å². The summed E-state index contributed by atoms with van der Waals surface area (Å²) in [5.41, 5.74) is 3.00. The number of rotatable bonds is 20. The molecule has 6 atom stereocenters. The highest BCUT2D eigenvalue weighted by atomic mass is 35.5. The zero-order valence-corrected chi connectivity index (χ0v) is 52.6. The Kier molecular flexibility index (Phi) is 26.5. The molecule has 0 aliphatic carbocycles. The average Bonchev–Trinajstić information content (AvgIpc) is 1.78. The number of carboxylic acids is 1. The Hall–Kier alpha value is -5.68. The number of nitrogens with zero attached hydrogens (tertiary/aromatic N) is 5. The lowest BCUT2D eigenvalue weighted by atomic mass is 9.88. The van der Waals surface area contributed by atoms with Gasteiger partial charge in [0, 0.05) is 112 Å². The maximum Gasteiger partial charge on any atom is 0.416 e. The van der Waals surface area contributed by atoms with Gasteiger partial charge in [0.05, 0.1) is 61.5 Å². The van der Waals surface area contributed by atoms with E-state index in [0.717, 1.165) is 55.1 Å². The lowest BCUT2D eigenvalue weighted by Gasteiger charge is -2.39. The van der Waals surface area contributed by atoms with Crippen LogP contribution in [0.3, 0.4) is 0 Å². The predicted octanol–water partition coefficient (Wildman–Crippen LogP) is 11.0. The molecule has 23 heteroatoms. The second-order valence-corrected chi connectivity index (χ2v) is 25.0. The van der Waals surface area contributed by atoms with Gasteiger partial charge in [-0.05, 0) is 136 Å². The molecule has 4 saturated heterocycles. The molecule has 0 radical (unpaired) electrons. The molecule has 3 amide bonds. The number of amides is 3. The van der Waals surface area contributed by atoms with Gasteiger partial charge in [-0.15, -0.1) is 0 Å². The standard InChI is InChI=1S/C32H42ClF3N4O3.C21H33F3N4O.C11H11ClO3/c1-21(2)17-28(37-30(41)11-12-38(3)4)25-18-23(32(34,35)36)7-10-29(25)39-13-15-40(16-14-39)31(42)27-20-43-19-26(27)22-5-8-24(33)9-6-22;1-15(2)13-18(26-20(29)7-10-27(3)4)17-14-16(21(22,23)24)5-6-19(17)28-11-8-25-9-12-28;12-8-3-1-7(2-4-8)9-5-15-6-10(9)11(13)14/h5-10,18,21,26-28H,11-17,19-20H2,1-4H3,(H,37,41);5-6,14-15,18,25H,7-13H2,1-4H3,(H,26,29);1-4,9-10H,5-6H2,(H,13,14). The normalized spacial score (nSPS) is 19.8. The quantitative estimate of drug-likeness (QED) is 0.0622. The van der Waals surface area contributed by atoms with Gasteiger partial charge < -0.3 is 55.0 Å². The van der Waals surface area contributed by atoms with Crippen LogP contribution in [0, 0.1) is 23.7 Å². The molecule has 480 valence electrons. The zero-order chi connectivity index (χ0) is 63.8. The van der Waals surface area contributed by atoms with Crippen molar-refractivity contribution in [1.29, 1.82) is 0 Å². The van der Waals surface area contributed by atoms with Crippen molar-refractivity contribution in [3.8, 4) is 0 Å². The summed E-state index contributed by atoms with van der Waals surface area (Å²) in [4.78, 5) is 59.6. The molecule has 4 fully saturated rings. The van der Waals surface area contributed by atoms with Crippen LogP contribution in [0.5, 0.6) is 0 Å². The van der Waals surface area contributed by atoms with Crippen molar-refractivity contribution in [1.82, 2.24) is 30.7 Å². The first-order valence-corrected chi connectivity index (χ1v) is 30.5. The van der Waals surface area contributed by atoms with E-state index in [2.05, 4.69) is 20.9 Å². The fraction of sp³-hybridized carbons (Fsp3) is 0.562. The van der Waals surface area contributed by atoms with E-state index in [9.17, 15) is 45.5 Å². The molecule has 4 aromatic rings. The second kappa shape index (κ2) is 32.7. The van der Waals surface area contributed by atoms with Crippen LogP contribution in [0.2, 0.25) is 10.0 Å². The van der Waals surface area contributed by atoms with Crippen molar-refractivity contribution in [2.75, 3.05) is 130 Å². The highest BCUT2D eigenvalue weighted by Gasteiger charge is 2.40. The Balaban J connectivity index is 0.000000235. The number of carbonyl (C=O) groups excluding carboxylic acids is 3. The van der Waals surface area contributed by atoms with Crippen LogP contribution >= 0.6 is 23.2 Å². The van der Waals surface area contributed by atoms with E-state index in [1.807, 2.05) is 112 Å². The van der Waals surface area contributed by atoms with E-state index in [-0.39, 0.29) is 53.7 Å². The number of carbonyl (C=O) groups is 4. The highest BCUT2D eigenvalue weighted by molar-refractivity contribution is 6.30. The third kappa shape index (κ3) is 21.2. The Morgan fingerprint density at radius 1 is 0.586 bits per heavy atom. The second-order valence-electron chi connectivity index (χ2n) is 24.1. The Labute approximate surface area is 518 Å². The third-order valence-corrected chi connectivity index (χ3v) is 16.4. The van der Waals surface area contributed by atoms with E-state index in [0.29, 0.717) is 112 Å². The van der Waals surface area contributed by atoms with Crippen molar-refractivity contribution in [3.05, 3.63) is 128 Å². The van der Waals surface area contributed by atoms with Crippen LogP contribution in [-0.2, 0) is 41.0 Å². The van der Waals surface area contributed by atoms with Crippen LogP contribution in [0.25, 0.3) is 0 Å². The van der Waals surface area contributed by atoms with Gasteiger partial charge in [-0.3, -0.25) is 19.2 Å². The summed E-state index contributed by atoms with van der Waals surface area (Å²) in [7, 11) is 7.50. The van der Waals surface area contributed by atoms with Crippen LogP contribution in [0.15, 0.2) is 84.9 Å². The molecule has 87 heavy (non-hydrogen) atoms. The minimum absolute atomic E-state index is 0.0237. The first-order valence-electron chi connectivity index (χ1n) is 29.8. The van der Waals surface area contributed by atoms with Gasteiger partial charge in [0.1, 0.15) is 0 Å². The lowest BCUT2D eigenvalue weighted by Crippen LogP contribution is -2.51. The number of piperazine rings is 2. The molecular weight excluding hydrogens is 1180 g/mol. The number of anilines is 2. The van der Waals surface area contributed by atoms with E-state index >= 15 is 0 Å². The molecule has 15 nitrogen and oxygen atoms in total. The molecule has 0 bridgehead atoms. The van der Waals surface area contributed by atoms with E-state index in [1.54, 1.807) is 18.2 Å². The van der Waals surface area contributed by atoms with Crippen LogP contribution in [0.4, 0.5) is 37.7 Å². The first-order chi connectivity index (χ1) is 41.1. The SMILES string of the molecule is CC(C)CC(NC(=O)CCN(C)C)c1cc(C(F)(F)F)ccc1N1CCN(C(=O)C2COCC2c2ccc(Cl)cc2)CC1.CC(C)CC(NC(=O)CCN(C)C)c1cc(C(F)(F)F)ccc1N1CCNCC1.O=C(O)C1COCC1c1ccc(Cl)cc1. The molecule has 4 aromatic carbocycles. The van der Waals surface area contributed by atoms with E-state index in [4.69, 9.17) is 37.8 Å². The number of hydrogen-bond donors (Lipinski definition) is 4. The molecule has 8 rings (SSSR count). The fourth-order valence-electron chi connectivity index (χ4n) is 11.2. The Bertz CT molecular complexity index is 2850. The summed E-state index contributed by atoms with van der Waals surface area (Å²) < 4.78 is 92.7. The molecular formula is C64H86Cl2F6N8O7. The lowest BCUT2D eigenvalue weighted by molar-refractivity contribution is -0.142. The van der Waals surface area contributed by atoms with Gasteiger partial charge in [0.25, 0.3) is 0 Å². The maximum atomic E-state index is 13.8. The fourth-order valence-corrected chi connectivity index (χ4v) is 11.5. The van der Waals surface area contributed by atoms with E-state index < -0.39 is 47.5 Å². The number of carboxylic acid groups (broad SMARTS) is 1. The monoisotopic (exact) mass is 1260 g/mol. The molecule has 0 aromatic heterocycles. The van der Waals surface area contributed by atoms with Crippen LogP contribution in [-0.4, -0.2) is 164 Å². The minimum Gasteiger partial charge on any atom is -0.481 e. The minimum atomic E-state index is -4.51. The summed E-state index contributed by atoms with van der Waals surface area (Å²) in [6.45, 7) is 15.5. The van der Waals surface area contributed by atoms with Crippen molar-refractivity contribution >= 4 is 58.3 Å². The molecule has 4 aliphatic rings. The smallest absolute Gasteiger partial charge is 0.416 e. The molecule has 0 spiro atoms. The Morgan fingerprint density at radius 3 is 1.36 bits per heavy atom. The molecule has 6 unspecified atom stereocenters. The highest BCUT2D eigenvalue weighted by Crippen LogP contribution is 2.41. The average molecular weight is 1260 g/mol. The van der Waals surface area contributed by atoms with Crippen molar-refractivity contribution < 1.29 is 60.1 Å². The number of benzene rings is 4. The maximum absolute atomic E-state index is 13.8. The van der Waals surface area contributed by atoms with Crippen LogP contribution in [0.1, 0.15) is 111 Å². The number of aliphatic carboxylic acids is 1. The largest absolute Gasteiger partial charge is 0.481 e. The summed E-state index contributed by atoms with van der Waals surface area (Å²) in [6, 6.07) is 21.4. The van der Waals surface area contributed by atoms with E-state index in [1.165, 1.54) is 18.2 Å². The number of nitrogens with one attached hydrogen (secondary N) is 3. The van der Waals surface area contributed by atoms with Gasteiger partial charge in [0.15, 0.2) is 0 Å². The summed E-state index contributed by atoms with van der Waals surface area (Å²) >= 11 is 11.8. The third-order valence-electron chi connectivity index (χ3n) is 15.9. The number of alkyl halides is 6. The van der Waals surface area contributed by atoms with Crippen molar-refractivity contribution in [2.24, 2.45) is 23.7 Å². The zero-order valence-electron chi connectivity index (χ0n) is 51.1. The van der Waals surface area contributed by atoms with Crippen molar-refractivity contribution in [2.45, 2.75) is 89.7 Å². The Morgan fingerprint density at radius 2 is 0.977 bits per heavy atom. The van der Waals surface area contributed by atoms with Gasteiger partial charge >= 0.3 is 18.3 Å². The first kappa shape index (κ1) is 70.4.